The van der Waals surface area contributed by atoms with Gasteiger partial charge in [0.25, 0.3) is 0 Å². The molecule has 5 aromatic carbocycles. The van der Waals surface area contributed by atoms with Crippen LogP contribution in [0.25, 0.3) is 49.4 Å². The van der Waals surface area contributed by atoms with Gasteiger partial charge in [0.05, 0.1) is 11.0 Å². The van der Waals surface area contributed by atoms with Gasteiger partial charge in [-0.3, -0.25) is 0 Å². The second-order valence-corrected chi connectivity index (χ2v) is 8.38. The van der Waals surface area contributed by atoms with Gasteiger partial charge in [0.2, 0.25) is 0 Å². The third kappa shape index (κ3) is 2.54. The summed E-state index contributed by atoms with van der Waals surface area (Å²) in [5.41, 5.74) is 6.17. The Hall–Kier alpha value is -3.36. The molecular weight excluding hydrogens is 430 g/mol. The lowest BCUT2D eigenvalue weighted by atomic mass is 9.95. The number of nitrogens with zero attached hydrogens (tertiary/aromatic N) is 1. The van der Waals surface area contributed by atoms with Crippen molar-refractivity contribution in [3.8, 4) is 16.8 Å². The number of hydrogen-bond acceptors (Lipinski definition) is 0. The predicted octanol–water partition coefficient (Wildman–Crippen LogP) is 8.37. The Morgan fingerprint density at radius 1 is 0.467 bits per heavy atom. The van der Waals surface area contributed by atoms with Crippen molar-refractivity contribution in [2.75, 3.05) is 0 Å². The maximum absolute atomic E-state index is 3.72. The average Bonchev–Trinajstić information content (AvgIpc) is 3.15. The molecule has 0 bridgehead atoms. The summed E-state index contributed by atoms with van der Waals surface area (Å²) in [4.78, 5) is 0. The molecule has 2 heteroatoms. The van der Waals surface area contributed by atoms with Gasteiger partial charge < -0.3 is 4.57 Å². The van der Waals surface area contributed by atoms with Crippen LogP contribution in [0.5, 0.6) is 0 Å². The zero-order valence-electron chi connectivity index (χ0n) is 16.2. The number of fused-ring (bicyclic) bond motifs is 4. The van der Waals surface area contributed by atoms with Gasteiger partial charge in [-0.05, 0) is 52.2 Å². The predicted molar refractivity (Wildman–Crippen MR) is 131 cm³/mol. The van der Waals surface area contributed by atoms with Crippen LogP contribution in [0.15, 0.2) is 114 Å². The number of hydrogen-bond donors (Lipinski definition) is 0. The molecule has 0 fully saturated rings. The molecule has 0 atom stereocenters. The SMILES string of the molecule is Brc1ccc(-c2cccc3c2c2ccccc2n3-c2ccccc2)c2ccccc12. The Bertz CT molecular complexity index is 1540. The smallest absolute Gasteiger partial charge is 0.0547 e. The number of para-hydroxylation sites is 2. The largest absolute Gasteiger partial charge is 0.309 e. The van der Waals surface area contributed by atoms with Crippen molar-refractivity contribution in [3.05, 3.63) is 114 Å². The Labute approximate surface area is 183 Å². The van der Waals surface area contributed by atoms with Gasteiger partial charge in [-0.15, -0.1) is 0 Å². The van der Waals surface area contributed by atoms with Gasteiger partial charge in [0, 0.05) is 20.9 Å². The van der Waals surface area contributed by atoms with Crippen LogP contribution in [-0.2, 0) is 0 Å². The molecule has 0 aliphatic heterocycles. The van der Waals surface area contributed by atoms with Crippen LogP contribution in [0.3, 0.4) is 0 Å². The highest BCUT2D eigenvalue weighted by Crippen LogP contribution is 2.41. The molecule has 0 N–H and O–H groups in total. The van der Waals surface area contributed by atoms with E-state index < -0.39 is 0 Å². The van der Waals surface area contributed by atoms with E-state index in [0.717, 1.165) is 4.47 Å². The van der Waals surface area contributed by atoms with Crippen LogP contribution in [0, 0.1) is 0 Å². The fourth-order valence-electron chi connectivity index (χ4n) is 4.60. The molecule has 6 rings (SSSR count). The van der Waals surface area contributed by atoms with E-state index in [4.69, 9.17) is 0 Å². The second kappa shape index (κ2) is 6.86. The second-order valence-electron chi connectivity index (χ2n) is 7.53. The minimum Gasteiger partial charge on any atom is -0.309 e. The summed E-state index contributed by atoms with van der Waals surface area (Å²) in [5, 5.41) is 5.07. The Morgan fingerprint density at radius 3 is 1.97 bits per heavy atom. The zero-order valence-corrected chi connectivity index (χ0v) is 17.8. The van der Waals surface area contributed by atoms with E-state index in [1.165, 1.54) is 49.4 Å². The summed E-state index contributed by atoms with van der Waals surface area (Å²) in [7, 11) is 0. The van der Waals surface area contributed by atoms with Crippen LogP contribution in [0.2, 0.25) is 0 Å². The van der Waals surface area contributed by atoms with Gasteiger partial charge in [-0.2, -0.15) is 0 Å². The molecule has 0 aliphatic carbocycles. The highest BCUT2D eigenvalue weighted by atomic mass is 79.9. The lowest BCUT2D eigenvalue weighted by molar-refractivity contribution is 1.18. The highest BCUT2D eigenvalue weighted by Gasteiger charge is 2.17. The van der Waals surface area contributed by atoms with Gasteiger partial charge >= 0.3 is 0 Å². The molecule has 0 saturated heterocycles. The van der Waals surface area contributed by atoms with Crippen LogP contribution >= 0.6 is 15.9 Å². The zero-order chi connectivity index (χ0) is 20.1. The van der Waals surface area contributed by atoms with E-state index in [0.29, 0.717) is 0 Å². The topological polar surface area (TPSA) is 4.93 Å². The van der Waals surface area contributed by atoms with E-state index >= 15 is 0 Å². The Kier molecular flexibility index (Phi) is 4.00. The molecule has 30 heavy (non-hydrogen) atoms. The standard InChI is InChI=1S/C28H18BrN/c29-25-18-17-21(20-11-4-5-12-22(20)25)23-14-8-16-27-28(23)24-13-6-7-15-26(24)30(27)19-9-2-1-3-10-19/h1-18H. The molecular formula is C28H18BrN. The van der Waals surface area contributed by atoms with Crippen molar-refractivity contribution in [1.29, 1.82) is 0 Å². The van der Waals surface area contributed by atoms with Crippen LogP contribution in [0.1, 0.15) is 0 Å². The van der Waals surface area contributed by atoms with Crippen molar-refractivity contribution in [3.63, 3.8) is 0 Å². The molecule has 6 aromatic rings. The summed E-state index contributed by atoms with van der Waals surface area (Å²) in [5.74, 6) is 0. The fourth-order valence-corrected chi connectivity index (χ4v) is 5.07. The molecule has 0 spiro atoms. The first kappa shape index (κ1) is 17.5. The highest BCUT2D eigenvalue weighted by molar-refractivity contribution is 9.10. The average molecular weight is 448 g/mol. The number of aromatic nitrogens is 1. The van der Waals surface area contributed by atoms with E-state index in [1.807, 2.05) is 0 Å². The molecule has 0 radical (unpaired) electrons. The lowest BCUT2D eigenvalue weighted by Crippen LogP contribution is -1.93. The summed E-state index contributed by atoms with van der Waals surface area (Å²) < 4.78 is 3.50. The Balaban J connectivity index is 1.78. The minimum absolute atomic E-state index is 1.13. The van der Waals surface area contributed by atoms with Gasteiger partial charge in [-0.1, -0.05) is 94.8 Å². The third-order valence-electron chi connectivity index (χ3n) is 5.87. The Morgan fingerprint density at radius 2 is 1.13 bits per heavy atom. The van der Waals surface area contributed by atoms with Crippen LogP contribution in [-0.4, -0.2) is 4.57 Å². The number of benzene rings is 5. The third-order valence-corrected chi connectivity index (χ3v) is 6.56. The summed E-state index contributed by atoms with van der Waals surface area (Å²) in [6.07, 6.45) is 0. The monoisotopic (exact) mass is 447 g/mol. The molecule has 0 saturated carbocycles. The maximum Gasteiger partial charge on any atom is 0.0547 e. The molecule has 1 nitrogen and oxygen atoms in total. The quantitative estimate of drug-likeness (QED) is 0.251. The lowest BCUT2D eigenvalue weighted by Gasteiger charge is -2.11. The van der Waals surface area contributed by atoms with E-state index in [1.54, 1.807) is 0 Å². The van der Waals surface area contributed by atoms with Crippen molar-refractivity contribution < 1.29 is 0 Å². The van der Waals surface area contributed by atoms with Crippen molar-refractivity contribution in [2.24, 2.45) is 0 Å². The van der Waals surface area contributed by atoms with Gasteiger partial charge in [-0.25, -0.2) is 0 Å². The summed E-state index contributed by atoms with van der Waals surface area (Å²) in [6, 6.07) is 39.0. The molecule has 1 aromatic heterocycles. The molecule has 142 valence electrons. The van der Waals surface area contributed by atoms with Crippen molar-refractivity contribution in [2.45, 2.75) is 0 Å². The maximum atomic E-state index is 3.72. The van der Waals surface area contributed by atoms with Crippen LogP contribution < -0.4 is 0 Å². The molecule has 0 amide bonds. The van der Waals surface area contributed by atoms with E-state index in [9.17, 15) is 0 Å². The summed E-state index contributed by atoms with van der Waals surface area (Å²) >= 11 is 3.72. The van der Waals surface area contributed by atoms with E-state index in [2.05, 4.69) is 130 Å². The normalized spacial score (nSPS) is 11.5. The molecule has 1 heterocycles. The fraction of sp³-hybridized carbons (Fsp3) is 0. The van der Waals surface area contributed by atoms with Crippen LogP contribution in [0.4, 0.5) is 0 Å². The first-order valence-electron chi connectivity index (χ1n) is 10.1. The molecule has 0 aliphatic rings. The first-order valence-corrected chi connectivity index (χ1v) is 10.9. The number of rotatable bonds is 2. The number of halogens is 1. The van der Waals surface area contributed by atoms with Crippen molar-refractivity contribution in [1.82, 2.24) is 4.57 Å². The van der Waals surface area contributed by atoms with Gasteiger partial charge in [0.1, 0.15) is 0 Å². The first-order chi connectivity index (χ1) is 14.8. The van der Waals surface area contributed by atoms with Crippen molar-refractivity contribution >= 4 is 48.5 Å². The van der Waals surface area contributed by atoms with Gasteiger partial charge in [0.15, 0.2) is 0 Å². The summed E-state index contributed by atoms with van der Waals surface area (Å²) in [6.45, 7) is 0. The van der Waals surface area contributed by atoms with E-state index in [-0.39, 0.29) is 0 Å². The molecule has 0 unspecified atom stereocenters. The minimum atomic E-state index is 1.13.